The molecule has 8 heteroatoms. The second-order valence-corrected chi connectivity index (χ2v) is 12.6. The smallest absolute Gasteiger partial charge is 0.261 e. The van der Waals surface area contributed by atoms with E-state index in [9.17, 15) is 9.59 Å². The summed E-state index contributed by atoms with van der Waals surface area (Å²) in [6.07, 6.45) is 5.63. The molecule has 0 heterocycles. The maximum atomic E-state index is 14.0. The summed E-state index contributed by atoms with van der Waals surface area (Å²) in [6, 6.07) is 20.2. The Morgan fingerprint density at radius 1 is 1.00 bits per heavy atom. The first-order valence-corrected chi connectivity index (χ1v) is 15.8. The van der Waals surface area contributed by atoms with E-state index < -0.39 is 6.04 Å². The minimum Gasteiger partial charge on any atom is -0.483 e. The first kappa shape index (κ1) is 31.4. The predicted octanol–water partition coefficient (Wildman–Crippen LogP) is 8.35. The molecule has 1 atom stereocenters. The molecule has 1 aliphatic rings. The maximum absolute atomic E-state index is 14.0. The Morgan fingerprint density at radius 3 is 2.39 bits per heavy atom. The van der Waals surface area contributed by atoms with Crippen molar-refractivity contribution in [1.82, 2.24) is 10.2 Å². The molecule has 0 unspecified atom stereocenters. The Morgan fingerprint density at radius 2 is 1.73 bits per heavy atom. The van der Waals surface area contributed by atoms with Gasteiger partial charge in [0, 0.05) is 29.1 Å². The van der Waals surface area contributed by atoms with Crippen molar-refractivity contribution in [3.05, 3.63) is 97.9 Å². The summed E-state index contributed by atoms with van der Waals surface area (Å²) in [4.78, 5) is 29.5. The summed E-state index contributed by atoms with van der Waals surface area (Å²) in [6.45, 7) is 4.15. The highest BCUT2D eigenvalue weighted by Gasteiger charge is 2.32. The van der Waals surface area contributed by atoms with Crippen LogP contribution in [0.15, 0.2) is 71.2 Å². The van der Waals surface area contributed by atoms with Gasteiger partial charge in [-0.1, -0.05) is 98.8 Å². The topological polar surface area (TPSA) is 58.6 Å². The van der Waals surface area contributed by atoms with Crippen LogP contribution in [0.3, 0.4) is 0 Å². The third kappa shape index (κ3) is 8.97. The Labute approximate surface area is 261 Å². The number of carbonyl (C=O) groups excluding carboxylic acids is 2. The van der Waals surface area contributed by atoms with Crippen molar-refractivity contribution >= 4 is 50.9 Å². The number of hydrogen-bond donors (Lipinski definition) is 1. The van der Waals surface area contributed by atoms with Crippen LogP contribution in [0.4, 0.5) is 0 Å². The SMILES string of the molecule is CC(C)c1ccc(OCC(=O)N(Cc2ccc(Cl)cc2Cl)[C@H](Cc2ccccc2)C(=O)NC2CCCCC2)c(Br)c1. The minimum atomic E-state index is -0.756. The lowest BCUT2D eigenvalue weighted by atomic mass is 9.94. The molecule has 0 aliphatic heterocycles. The minimum absolute atomic E-state index is 0.109. The molecule has 1 N–H and O–H groups in total. The standard InChI is InChI=1S/C33H37BrCl2N2O3/c1-22(2)24-14-16-31(28(34)18-24)41-21-32(39)38(20-25-13-15-26(35)19-29(25)36)30(17-23-9-5-3-6-10-23)33(40)37-27-11-7-4-8-12-27/h3,5-6,9-10,13-16,18-19,22,27,30H,4,7-8,11-12,17,20-21H2,1-2H3,(H,37,40)/t30-/m1/s1. The summed E-state index contributed by atoms with van der Waals surface area (Å²) in [7, 11) is 0. The quantitative estimate of drug-likeness (QED) is 0.225. The van der Waals surface area contributed by atoms with Crippen molar-refractivity contribution in [2.24, 2.45) is 0 Å². The van der Waals surface area contributed by atoms with Crippen LogP contribution in [-0.2, 0) is 22.6 Å². The molecule has 1 fully saturated rings. The van der Waals surface area contributed by atoms with Crippen molar-refractivity contribution < 1.29 is 14.3 Å². The fourth-order valence-corrected chi connectivity index (χ4v) is 6.13. The molecule has 5 nitrogen and oxygen atoms in total. The van der Waals surface area contributed by atoms with Gasteiger partial charge in [0.05, 0.1) is 4.47 Å². The third-order valence-electron chi connectivity index (χ3n) is 7.55. The highest BCUT2D eigenvalue weighted by atomic mass is 79.9. The van der Waals surface area contributed by atoms with Crippen molar-refractivity contribution in [1.29, 1.82) is 0 Å². The van der Waals surface area contributed by atoms with E-state index >= 15 is 0 Å². The zero-order valence-corrected chi connectivity index (χ0v) is 26.6. The lowest BCUT2D eigenvalue weighted by molar-refractivity contribution is -0.143. The number of amides is 2. The second-order valence-electron chi connectivity index (χ2n) is 10.9. The fraction of sp³-hybridized carbons (Fsp3) is 0.394. The van der Waals surface area contributed by atoms with Crippen molar-refractivity contribution in [2.75, 3.05) is 6.61 Å². The van der Waals surface area contributed by atoms with Gasteiger partial charge in [-0.05, 0) is 75.6 Å². The van der Waals surface area contributed by atoms with Crippen molar-refractivity contribution in [3.8, 4) is 5.75 Å². The van der Waals surface area contributed by atoms with Crippen LogP contribution in [0.2, 0.25) is 10.0 Å². The van der Waals surface area contributed by atoms with Gasteiger partial charge in [-0.25, -0.2) is 0 Å². The number of rotatable bonds is 11. The highest BCUT2D eigenvalue weighted by Crippen LogP contribution is 2.30. The average Bonchev–Trinajstić information content (AvgIpc) is 2.96. The molecule has 3 aromatic carbocycles. The summed E-state index contributed by atoms with van der Waals surface area (Å²) in [5.41, 5.74) is 2.83. The molecule has 218 valence electrons. The summed E-state index contributed by atoms with van der Waals surface area (Å²) in [5, 5.41) is 4.19. The molecule has 3 aromatic rings. The molecule has 0 radical (unpaired) electrons. The van der Waals surface area contributed by atoms with Crippen LogP contribution in [0, 0.1) is 0 Å². The summed E-state index contributed by atoms with van der Waals surface area (Å²) in [5.74, 6) is 0.457. The zero-order valence-electron chi connectivity index (χ0n) is 23.5. The van der Waals surface area contributed by atoms with Gasteiger partial charge in [-0.2, -0.15) is 0 Å². The van der Waals surface area contributed by atoms with Gasteiger partial charge >= 0.3 is 0 Å². The van der Waals surface area contributed by atoms with E-state index in [0.717, 1.165) is 41.3 Å². The Balaban J connectivity index is 1.63. The number of hydrogen-bond acceptors (Lipinski definition) is 3. The van der Waals surface area contributed by atoms with Crippen LogP contribution >= 0.6 is 39.1 Å². The number of ether oxygens (including phenoxy) is 1. The molecule has 2 amide bonds. The van der Waals surface area contributed by atoms with Crippen molar-refractivity contribution in [3.63, 3.8) is 0 Å². The summed E-state index contributed by atoms with van der Waals surface area (Å²) >= 11 is 16.3. The number of carbonyl (C=O) groups is 2. The Kier molecular flexibility index (Phi) is 11.5. The molecule has 4 rings (SSSR count). The lowest BCUT2D eigenvalue weighted by Crippen LogP contribution is -2.53. The van der Waals surface area contributed by atoms with E-state index in [1.807, 2.05) is 48.5 Å². The van der Waals surface area contributed by atoms with Gasteiger partial charge in [-0.15, -0.1) is 0 Å². The van der Waals surface area contributed by atoms with E-state index in [1.54, 1.807) is 23.1 Å². The lowest BCUT2D eigenvalue weighted by Gasteiger charge is -2.33. The molecular formula is C33H37BrCl2N2O3. The van der Waals surface area contributed by atoms with Crippen LogP contribution in [0.1, 0.15) is 68.6 Å². The number of nitrogens with one attached hydrogen (secondary N) is 1. The largest absolute Gasteiger partial charge is 0.483 e. The maximum Gasteiger partial charge on any atom is 0.261 e. The molecule has 41 heavy (non-hydrogen) atoms. The Hall–Kier alpha value is -2.54. The van der Waals surface area contributed by atoms with Gasteiger partial charge < -0.3 is 15.0 Å². The van der Waals surface area contributed by atoms with E-state index in [2.05, 4.69) is 35.1 Å². The van der Waals surface area contributed by atoms with Gasteiger partial charge in [0.15, 0.2) is 6.61 Å². The van der Waals surface area contributed by atoms with E-state index in [-0.39, 0.29) is 31.0 Å². The van der Waals surface area contributed by atoms with E-state index in [1.165, 1.54) is 6.42 Å². The first-order valence-electron chi connectivity index (χ1n) is 14.2. The second kappa shape index (κ2) is 15.1. The van der Waals surface area contributed by atoms with Crippen LogP contribution in [0.25, 0.3) is 0 Å². The van der Waals surface area contributed by atoms with E-state index in [0.29, 0.717) is 33.7 Å². The van der Waals surface area contributed by atoms with Crippen LogP contribution in [-0.4, -0.2) is 35.4 Å². The predicted molar refractivity (Wildman–Crippen MR) is 170 cm³/mol. The van der Waals surface area contributed by atoms with Crippen LogP contribution in [0.5, 0.6) is 5.75 Å². The fourth-order valence-electron chi connectivity index (χ4n) is 5.15. The molecular weight excluding hydrogens is 623 g/mol. The molecule has 0 spiro atoms. The van der Waals surface area contributed by atoms with Gasteiger partial charge in [0.25, 0.3) is 5.91 Å². The highest BCUT2D eigenvalue weighted by molar-refractivity contribution is 9.10. The molecule has 0 aromatic heterocycles. The van der Waals surface area contributed by atoms with E-state index in [4.69, 9.17) is 27.9 Å². The monoisotopic (exact) mass is 658 g/mol. The number of benzene rings is 3. The summed E-state index contributed by atoms with van der Waals surface area (Å²) < 4.78 is 6.79. The Bertz CT molecular complexity index is 1330. The molecule has 0 saturated heterocycles. The average molecular weight is 660 g/mol. The number of nitrogens with zero attached hydrogens (tertiary/aromatic N) is 1. The van der Waals surface area contributed by atoms with Crippen molar-refractivity contribution in [2.45, 2.75) is 76.9 Å². The molecule has 0 bridgehead atoms. The first-order chi connectivity index (χ1) is 19.7. The third-order valence-corrected chi connectivity index (χ3v) is 8.76. The van der Waals surface area contributed by atoms with Gasteiger partial charge in [0.2, 0.25) is 5.91 Å². The molecule has 1 saturated carbocycles. The van der Waals surface area contributed by atoms with Gasteiger partial charge in [0.1, 0.15) is 11.8 Å². The zero-order chi connectivity index (χ0) is 29.4. The normalized spacial score (nSPS) is 14.5. The molecule has 1 aliphatic carbocycles. The van der Waals surface area contributed by atoms with Crippen LogP contribution < -0.4 is 10.1 Å². The van der Waals surface area contributed by atoms with Gasteiger partial charge in [-0.3, -0.25) is 9.59 Å². The number of halogens is 3.